The fourth-order valence-corrected chi connectivity index (χ4v) is 4.13. The molecule has 4 aromatic rings. The van der Waals surface area contributed by atoms with Gasteiger partial charge in [-0.2, -0.15) is 4.98 Å². The summed E-state index contributed by atoms with van der Waals surface area (Å²) >= 11 is 0. The molecular weight excluding hydrogens is 464 g/mol. The van der Waals surface area contributed by atoms with Crippen LogP contribution in [0.1, 0.15) is 29.5 Å². The van der Waals surface area contributed by atoms with Crippen LogP contribution < -0.4 is 10.1 Å². The topological polar surface area (TPSA) is 80.5 Å². The largest absolute Gasteiger partial charge is 0.492 e. The Balaban J connectivity index is 1.39. The Hall–Kier alpha value is -3.97. The zero-order valence-corrected chi connectivity index (χ0v) is 22.2. The van der Waals surface area contributed by atoms with Crippen LogP contribution in [0.2, 0.25) is 0 Å². The minimum absolute atomic E-state index is 0.0628. The average molecular weight is 499 g/mol. The number of hydrogen-bond donors (Lipinski definition) is 1. The molecule has 4 rings (SSSR count). The number of ether oxygens (including phenoxy) is 1. The first-order valence-corrected chi connectivity index (χ1v) is 12.5. The number of rotatable bonds is 10. The molecule has 0 fully saturated rings. The fraction of sp³-hybridized carbons (Fsp3) is 0.300. The quantitative estimate of drug-likeness (QED) is 0.302. The molecule has 1 heterocycles. The van der Waals surface area contributed by atoms with Crippen molar-refractivity contribution in [1.82, 2.24) is 15.0 Å². The van der Waals surface area contributed by atoms with E-state index in [0.29, 0.717) is 24.7 Å². The van der Waals surface area contributed by atoms with Gasteiger partial charge < -0.3 is 19.5 Å². The van der Waals surface area contributed by atoms with Gasteiger partial charge in [-0.25, -0.2) is 0 Å². The van der Waals surface area contributed by atoms with Gasteiger partial charge in [0.15, 0.2) is 0 Å². The molecule has 192 valence electrons. The van der Waals surface area contributed by atoms with Crippen molar-refractivity contribution in [3.05, 3.63) is 83.2 Å². The van der Waals surface area contributed by atoms with Crippen molar-refractivity contribution in [3.8, 4) is 28.3 Å². The second-order valence-corrected chi connectivity index (χ2v) is 9.42. The first kappa shape index (κ1) is 26.1. The summed E-state index contributed by atoms with van der Waals surface area (Å²) < 4.78 is 11.1. The molecule has 0 radical (unpaired) electrons. The number of nitrogens with one attached hydrogen (secondary N) is 1. The highest BCUT2D eigenvalue weighted by Gasteiger charge is 2.11. The summed E-state index contributed by atoms with van der Waals surface area (Å²) in [5.74, 6) is 1.89. The van der Waals surface area contributed by atoms with Gasteiger partial charge in [0, 0.05) is 30.8 Å². The summed E-state index contributed by atoms with van der Waals surface area (Å²) in [6.07, 6.45) is 1.17. The Morgan fingerprint density at radius 2 is 1.76 bits per heavy atom. The van der Waals surface area contributed by atoms with Crippen LogP contribution in [0.15, 0.2) is 65.2 Å². The molecule has 0 aliphatic heterocycles. The van der Waals surface area contributed by atoms with Gasteiger partial charge in [-0.05, 0) is 67.4 Å². The van der Waals surface area contributed by atoms with Gasteiger partial charge in [0.05, 0.1) is 6.42 Å². The van der Waals surface area contributed by atoms with E-state index in [0.717, 1.165) is 57.8 Å². The second-order valence-electron chi connectivity index (χ2n) is 9.42. The summed E-state index contributed by atoms with van der Waals surface area (Å²) in [6, 6.07) is 20.1. The Labute approximate surface area is 218 Å². The van der Waals surface area contributed by atoms with Crippen LogP contribution in [0.25, 0.3) is 22.5 Å². The Bertz CT molecular complexity index is 1360. The molecule has 7 heteroatoms. The van der Waals surface area contributed by atoms with Gasteiger partial charge in [0.2, 0.25) is 17.6 Å². The molecule has 7 nitrogen and oxygen atoms in total. The maximum absolute atomic E-state index is 12.8. The molecule has 0 atom stereocenters. The molecule has 1 amide bonds. The normalized spacial score (nSPS) is 11.1. The van der Waals surface area contributed by atoms with Gasteiger partial charge in [0.25, 0.3) is 0 Å². The van der Waals surface area contributed by atoms with Crippen molar-refractivity contribution in [1.29, 1.82) is 0 Å². The molecule has 37 heavy (non-hydrogen) atoms. The van der Waals surface area contributed by atoms with Crippen molar-refractivity contribution in [2.45, 2.75) is 33.6 Å². The highest BCUT2D eigenvalue weighted by Crippen LogP contribution is 2.28. The van der Waals surface area contributed by atoms with Crippen LogP contribution in [0.5, 0.6) is 5.75 Å². The monoisotopic (exact) mass is 498 g/mol. The van der Waals surface area contributed by atoms with Gasteiger partial charge in [-0.15, -0.1) is 0 Å². The Kier molecular flexibility index (Phi) is 8.36. The summed E-state index contributed by atoms with van der Waals surface area (Å²) in [6.45, 7) is 7.37. The highest BCUT2D eigenvalue weighted by molar-refractivity contribution is 5.92. The number of likely N-dealkylation sites (N-methyl/N-ethyl adjacent to an activating group) is 1. The number of aromatic nitrogens is 2. The zero-order chi connectivity index (χ0) is 26.4. The standard InChI is InChI=1S/C30H34N4O3/c1-6-23-11-13-26(19-28(23)36-16-15-34(4)5)32-29(35)18-22-7-9-24(10-8-22)27-14-12-25(17-20(27)2)30-31-21(3)37-33-30/h7-14,17,19H,6,15-16,18H2,1-5H3,(H,32,35). The molecule has 0 bridgehead atoms. The molecule has 3 aromatic carbocycles. The van der Waals surface area contributed by atoms with Crippen molar-refractivity contribution >= 4 is 11.6 Å². The van der Waals surface area contributed by atoms with Crippen molar-refractivity contribution in [3.63, 3.8) is 0 Å². The number of benzene rings is 3. The van der Waals surface area contributed by atoms with Gasteiger partial charge >= 0.3 is 0 Å². The number of nitrogens with zero attached hydrogens (tertiary/aromatic N) is 3. The molecule has 0 aliphatic rings. The molecular formula is C30H34N4O3. The van der Waals surface area contributed by atoms with E-state index >= 15 is 0 Å². The van der Waals surface area contributed by atoms with Crippen molar-refractivity contribution in [2.24, 2.45) is 0 Å². The van der Waals surface area contributed by atoms with Crippen LogP contribution in [0, 0.1) is 13.8 Å². The summed E-state index contributed by atoms with van der Waals surface area (Å²) in [5.41, 5.74) is 7.07. The Morgan fingerprint density at radius 3 is 2.41 bits per heavy atom. The van der Waals surface area contributed by atoms with Crippen LogP contribution in [-0.4, -0.2) is 48.2 Å². The predicted molar refractivity (Wildman–Crippen MR) is 147 cm³/mol. The van der Waals surface area contributed by atoms with Crippen LogP contribution >= 0.6 is 0 Å². The fourth-order valence-electron chi connectivity index (χ4n) is 4.13. The third-order valence-corrected chi connectivity index (χ3v) is 6.17. The summed E-state index contributed by atoms with van der Waals surface area (Å²) in [5, 5.41) is 7.01. The molecule has 0 spiro atoms. The molecule has 0 unspecified atom stereocenters. The van der Waals surface area contributed by atoms with Crippen LogP contribution in [0.3, 0.4) is 0 Å². The van der Waals surface area contributed by atoms with Crippen LogP contribution in [0.4, 0.5) is 5.69 Å². The van der Waals surface area contributed by atoms with E-state index in [1.165, 1.54) is 0 Å². The van der Waals surface area contributed by atoms with Gasteiger partial charge in [-0.3, -0.25) is 4.79 Å². The zero-order valence-electron chi connectivity index (χ0n) is 22.2. The van der Waals surface area contributed by atoms with E-state index in [1.54, 1.807) is 6.92 Å². The SMILES string of the molecule is CCc1ccc(NC(=O)Cc2ccc(-c3ccc(-c4noc(C)n4)cc3C)cc2)cc1OCCN(C)C. The summed E-state index contributed by atoms with van der Waals surface area (Å²) in [7, 11) is 4.03. The number of carbonyl (C=O) groups excluding carboxylic acids is 1. The van der Waals surface area contributed by atoms with Crippen molar-refractivity contribution in [2.75, 3.05) is 32.6 Å². The lowest BCUT2D eigenvalue weighted by Crippen LogP contribution is -2.20. The third kappa shape index (κ3) is 6.83. The maximum Gasteiger partial charge on any atom is 0.228 e. The first-order chi connectivity index (χ1) is 17.8. The number of aryl methyl sites for hydroxylation is 3. The number of amides is 1. The molecule has 1 N–H and O–H groups in total. The van der Waals surface area contributed by atoms with Gasteiger partial charge in [0.1, 0.15) is 12.4 Å². The van der Waals surface area contributed by atoms with E-state index in [2.05, 4.69) is 58.5 Å². The predicted octanol–water partition coefficient (Wildman–Crippen LogP) is 5.70. The molecule has 0 saturated heterocycles. The highest BCUT2D eigenvalue weighted by atomic mass is 16.5. The molecule has 0 aliphatic carbocycles. The average Bonchev–Trinajstić information content (AvgIpc) is 3.31. The summed E-state index contributed by atoms with van der Waals surface area (Å²) in [4.78, 5) is 19.1. The third-order valence-electron chi connectivity index (χ3n) is 6.17. The molecule has 1 aromatic heterocycles. The smallest absolute Gasteiger partial charge is 0.228 e. The number of carbonyl (C=O) groups is 1. The number of hydrogen-bond acceptors (Lipinski definition) is 6. The maximum atomic E-state index is 12.8. The van der Waals surface area contributed by atoms with E-state index in [-0.39, 0.29) is 5.91 Å². The van der Waals surface area contributed by atoms with E-state index in [9.17, 15) is 4.79 Å². The van der Waals surface area contributed by atoms with E-state index in [4.69, 9.17) is 9.26 Å². The van der Waals surface area contributed by atoms with Crippen LogP contribution in [-0.2, 0) is 17.6 Å². The van der Waals surface area contributed by atoms with E-state index < -0.39 is 0 Å². The lowest BCUT2D eigenvalue weighted by Gasteiger charge is -2.15. The molecule has 0 saturated carbocycles. The van der Waals surface area contributed by atoms with E-state index in [1.807, 2.05) is 50.5 Å². The second kappa shape index (κ2) is 11.8. The van der Waals surface area contributed by atoms with Gasteiger partial charge in [-0.1, -0.05) is 54.5 Å². The lowest BCUT2D eigenvalue weighted by atomic mass is 9.97. The minimum atomic E-state index is -0.0628. The van der Waals surface area contributed by atoms with Crippen molar-refractivity contribution < 1.29 is 14.1 Å². The first-order valence-electron chi connectivity index (χ1n) is 12.5. The minimum Gasteiger partial charge on any atom is -0.492 e. The Morgan fingerprint density at radius 1 is 1.00 bits per heavy atom. The number of anilines is 1. The lowest BCUT2D eigenvalue weighted by molar-refractivity contribution is -0.115.